The quantitative estimate of drug-likeness (QED) is 0.821. The van der Waals surface area contributed by atoms with Gasteiger partial charge in [0, 0.05) is 44.8 Å². The van der Waals surface area contributed by atoms with Crippen molar-refractivity contribution in [2.45, 2.75) is 6.54 Å². The zero-order chi connectivity index (χ0) is 13.8. The molecular formula is C14H17N5O. The molecule has 0 unspecified atom stereocenters. The minimum atomic E-state index is 0.120. The Bertz CT molecular complexity index is 546. The summed E-state index contributed by atoms with van der Waals surface area (Å²) in [5.41, 5.74) is 0. The number of aromatic nitrogens is 3. The van der Waals surface area contributed by atoms with Gasteiger partial charge < -0.3 is 9.80 Å². The number of amides is 1. The van der Waals surface area contributed by atoms with Gasteiger partial charge in [-0.3, -0.25) is 9.48 Å². The molecule has 6 nitrogen and oxygen atoms in total. The van der Waals surface area contributed by atoms with Crippen LogP contribution in [0.4, 0.5) is 5.82 Å². The van der Waals surface area contributed by atoms with Crippen LogP contribution < -0.4 is 4.90 Å². The highest BCUT2D eigenvalue weighted by molar-refractivity contribution is 5.76. The molecule has 1 aliphatic heterocycles. The Morgan fingerprint density at radius 3 is 2.60 bits per heavy atom. The van der Waals surface area contributed by atoms with Gasteiger partial charge in [0.25, 0.3) is 0 Å². The second-order valence-electron chi connectivity index (χ2n) is 4.76. The fourth-order valence-corrected chi connectivity index (χ4v) is 2.36. The van der Waals surface area contributed by atoms with E-state index in [2.05, 4.69) is 15.0 Å². The predicted molar refractivity (Wildman–Crippen MR) is 75.3 cm³/mol. The van der Waals surface area contributed by atoms with E-state index < -0.39 is 0 Å². The lowest BCUT2D eigenvalue weighted by molar-refractivity contribution is -0.132. The summed E-state index contributed by atoms with van der Waals surface area (Å²) >= 11 is 0. The molecule has 1 saturated heterocycles. The monoisotopic (exact) mass is 271 g/mol. The van der Waals surface area contributed by atoms with E-state index in [-0.39, 0.29) is 5.91 Å². The molecule has 6 heteroatoms. The summed E-state index contributed by atoms with van der Waals surface area (Å²) in [6.07, 6.45) is 5.29. The minimum Gasteiger partial charge on any atom is -0.353 e. The van der Waals surface area contributed by atoms with Crippen molar-refractivity contribution in [2.75, 3.05) is 31.1 Å². The summed E-state index contributed by atoms with van der Waals surface area (Å²) < 4.78 is 1.66. The van der Waals surface area contributed by atoms with Crippen molar-refractivity contribution in [3.05, 3.63) is 42.9 Å². The first-order chi connectivity index (χ1) is 9.83. The number of pyridine rings is 1. The predicted octanol–water partition coefficient (Wildman–Crippen LogP) is 0.627. The number of anilines is 1. The molecule has 0 radical (unpaired) electrons. The standard InChI is InChI=1S/C14H17N5O/c20-14(12-19-7-3-6-16-19)18-10-8-17(9-11-18)13-4-1-2-5-15-13/h1-7H,8-12H2. The van der Waals surface area contributed by atoms with Crippen LogP contribution in [0.25, 0.3) is 0 Å². The molecule has 0 spiro atoms. The molecular weight excluding hydrogens is 254 g/mol. The molecule has 0 atom stereocenters. The summed E-state index contributed by atoms with van der Waals surface area (Å²) in [6, 6.07) is 7.72. The average Bonchev–Trinajstić information content (AvgIpc) is 3.01. The molecule has 0 bridgehead atoms. The van der Waals surface area contributed by atoms with Gasteiger partial charge in [-0.2, -0.15) is 5.10 Å². The highest BCUT2D eigenvalue weighted by Crippen LogP contribution is 2.12. The van der Waals surface area contributed by atoms with Gasteiger partial charge in [-0.05, 0) is 18.2 Å². The maximum Gasteiger partial charge on any atom is 0.244 e. The fraction of sp³-hybridized carbons (Fsp3) is 0.357. The topological polar surface area (TPSA) is 54.3 Å². The van der Waals surface area contributed by atoms with Crippen LogP contribution in [0.1, 0.15) is 0 Å². The molecule has 1 amide bonds. The summed E-state index contributed by atoms with van der Waals surface area (Å²) in [5, 5.41) is 4.06. The van der Waals surface area contributed by atoms with E-state index in [9.17, 15) is 4.79 Å². The number of nitrogens with zero attached hydrogens (tertiary/aromatic N) is 5. The minimum absolute atomic E-state index is 0.120. The van der Waals surface area contributed by atoms with Crippen molar-refractivity contribution in [1.82, 2.24) is 19.7 Å². The zero-order valence-corrected chi connectivity index (χ0v) is 11.2. The highest BCUT2D eigenvalue weighted by Gasteiger charge is 2.21. The number of rotatable bonds is 3. The van der Waals surface area contributed by atoms with E-state index in [4.69, 9.17) is 0 Å². The molecule has 0 aliphatic carbocycles. The molecule has 3 rings (SSSR count). The summed E-state index contributed by atoms with van der Waals surface area (Å²) in [7, 11) is 0. The Morgan fingerprint density at radius 1 is 1.10 bits per heavy atom. The third-order valence-electron chi connectivity index (χ3n) is 3.46. The van der Waals surface area contributed by atoms with Crippen molar-refractivity contribution in [3.63, 3.8) is 0 Å². The molecule has 0 aromatic carbocycles. The van der Waals surface area contributed by atoms with Crippen molar-refractivity contribution in [3.8, 4) is 0 Å². The van der Waals surface area contributed by atoms with Crippen LogP contribution in [0.3, 0.4) is 0 Å². The number of carbonyl (C=O) groups excluding carboxylic acids is 1. The summed E-state index contributed by atoms with van der Waals surface area (Å²) in [6.45, 7) is 3.42. The van der Waals surface area contributed by atoms with Gasteiger partial charge in [-0.1, -0.05) is 6.07 Å². The Balaban J connectivity index is 1.54. The van der Waals surface area contributed by atoms with Gasteiger partial charge in [0.15, 0.2) is 0 Å². The van der Waals surface area contributed by atoms with Crippen LogP contribution in [-0.4, -0.2) is 51.8 Å². The molecule has 104 valence electrons. The first-order valence-electron chi connectivity index (χ1n) is 6.74. The Hall–Kier alpha value is -2.37. The normalized spacial score (nSPS) is 15.4. The van der Waals surface area contributed by atoms with E-state index in [1.807, 2.05) is 35.4 Å². The molecule has 3 heterocycles. The van der Waals surface area contributed by atoms with Crippen LogP contribution in [0.2, 0.25) is 0 Å². The third kappa shape index (κ3) is 2.79. The second-order valence-corrected chi connectivity index (χ2v) is 4.76. The van der Waals surface area contributed by atoms with E-state index in [1.165, 1.54) is 0 Å². The first-order valence-corrected chi connectivity index (χ1v) is 6.74. The largest absolute Gasteiger partial charge is 0.353 e. The summed E-state index contributed by atoms with van der Waals surface area (Å²) in [4.78, 5) is 20.6. The molecule has 0 saturated carbocycles. The lowest BCUT2D eigenvalue weighted by Crippen LogP contribution is -2.49. The van der Waals surface area contributed by atoms with Crippen molar-refractivity contribution in [1.29, 1.82) is 0 Å². The summed E-state index contributed by atoms with van der Waals surface area (Å²) in [5.74, 6) is 1.10. The maximum atomic E-state index is 12.1. The third-order valence-corrected chi connectivity index (χ3v) is 3.46. The van der Waals surface area contributed by atoms with E-state index in [1.54, 1.807) is 17.1 Å². The fourth-order valence-electron chi connectivity index (χ4n) is 2.36. The van der Waals surface area contributed by atoms with Crippen molar-refractivity contribution >= 4 is 11.7 Å². The maximum absolute atomic E-state index is 12.1. The zero-order valence-electron chi connectivity index (χ0n) is 11.2. The van der Waals surface area contributed by atoms with Crippen LogP contribution in [-0.2, 0) is 11.3 Å². The molecule has 1 aliphatic rings. The average molecular weight is 271 g/mol. The molecule has 0 N–H and O–H groups in total. The Morgan fingerprint density at radius 2 is 1.95 bits per heavy atom. The first kappa shape index (κ1) is 12.7. The highest BCUT2D eigenvalue weighted by atomic mass is 16.2. The number of piperazine rings is 1. The Kier molecular flexibility index (Phi) is 3.62. The molecule has 2 aromatic rings. The molecule has 20 heavy (non-hydrogen) atoms. The molecule has 1 fully saturated rings. The second kappa shape index (κ2) is 5.73. The van der Waals surface area contributed by atoms with Gasteiger partial charge in [-0.25, -0.2) is 4.98 Å². The van der Waals surface area contributed by atoms with Crippen molar-refractivity contribution < 1.29 is 4.79 Å². The lowest BCUT2D eigenvalue weighted by Gasteiger charge is -2.35. The van der Waals surface area contributed by atoms with E-state index in [0.29, 0.717) is 6.54 Å². The number of hydrogen-bond acceptors (Lipinski definition) is 4. The SMILES string of the molecule is O=C(Cn1cccn1)N1CCN(c2ccccn2)CC1. The van der Waals surface area contributed by atoms with E-state index in [0.717, 1.165) is 32.0 Å². The lowest BCUT2D eigenvalue weighted by atomic mass is 10.3. The van der Waals surface area contributed by atoms with Crippen LogP contribution >= 0.6 is 0 Å². The van der Waals surface area contributed by atoms with Gasteiger partial charge >= 0.3 is 0 Å². The van der Waals surface area contributed by atoms with Gasteiger partial charge in [0.05, 0.1) is 0 Å². The van der Waals surface area contributed by atoms with Gasteiger partial charge in [0.2, 0.25) is 5.91 Å². The van der Waals surface area contributed by atoms with Crippen LogP contribution in [0, 0.1) is 0 Å². The molecule has 2 aromatic heterocycles. The van der Waals surface area contributed by atoms with E-state index >= 15 is 0 Å². The van der Waals surface area contributed by atoms with Gasteiger partial charge in [-0.15, -0.1) is 0 Å². The smallest absolute Gasteiger partial charge is 0.244 e. The Labute approximate surface area is 117 Å². The van der Waals surface area contributed by atoms with Crippen molar-refractivity contribution in [2.24, 2.45) is 0 Å². The van der Waals surface area contributed by atoms with Crippen LogP contribution in [0.15, 0.2) is 42.9 Å². The van der Waals surface area contributed by atoms with Crippen LogP contribution in [0.5, 0.6) is 0 Å². The number of carbonyl (C=O) groups is 1. The van der Waals surface area contributed by atoms with Gasteiger partial charge in [0.1, 0.15) is 12.4 Å². The number of hydrogen-bond donors (Lipinski definition) is 0.